The number of rotatable bonds is 5. The van der Waals surface area contributed by atoms with Gasteiger partial charge in [0.15, 0.2) is 5.78 Å². The Morgan fingerprint density at radius 3 is 2.12 bits per heavy atom. The Kier molecular flexibility index (Phi) is 4.57. The Bertz CT molecular complexity index is 272. The van der Waals surface area contributed by atoms with Crippen molar-refractivity contribution < 1.29 is 4.79 Å². The fourth-order valence-corrected chi connectivity index (χ4v) is 2.69. The van der Waals surface area contributed by atoms with E-state index < -0.39 is 0 Å². The third kappa shape index (κ3) is 2.66. The van der Waals surface area contributed by atoms with E-state index >= 15 is 0 Å². The molecule has 92 valence electrons. The van der Waals surface area contributed by atoms with Crippen LogP contribution in [0.25, 0.3) is 0 Å². The van der Waals surface area contributed by atoms with Gasteiger partial charge in [-0.1, -0.05) is 13.8 Å². The second-order valence-corrected chi connectivity index (χ2v) is 4.83. The maximum Gasteiger partial charge on any atom is 0.157 e. The van der Waals surface area contributed by atoms with Crippen molar-refractivity contribution in [3.63, 3.8) is 0 Å². The van der Waals surface area contributed by atoms with E-state index in [4.69, 9.17) is 0 Å². The van der Waals surface area contributed by atoms with Crippen LogP contribution in [0.2, 0.25) is 0 Å². The van der Waals surface area contributed by atoms with Gasteiger partial charge in [0.1, 0.15) is 0 Å². The Labute approximate surface area is 99.7 Å². The number of carbonyl (C=O) groups is 1. The van der Waals surface area contributed by atoms with Gasteiger partial charge in [-0.05, 0) is 38.5 Å². The SMILES string of the molecule is CCN(CC)C1=CC(=O)CC(CC)(CC)C1. The quantitative estimate of drug-likeness (QED) is 0.712. The molecule has 0 unspecified atom stereocenters. The zero-order valence-electron chi connectivity index (χ0n) is 11.2. The van der Waals surface area contributed by atoms with Crippen LogP contribution in [-0.4, -0.2) is 23.8 Å². The van der Waals surface area contributed by atoms with Gasteiger partial charge in [0.25, 0.3) is 0 Å². The molecule has 0 aromatic heterocycles. The van der Waals surface area contributed by atoms with E-state index in [1.165, 1.54) is 5.70 Å². The summed E-state index contributed by atoms with van der Waals surface area (Å²) in [5, 5.41) is 0. The minimum Gasteiger partial charge on any atom is -0.375 e. The van der Waals surface area contributed by atoms with E-state index in [1.54, 1.807) is 0 Å². The van der Waals surface area contributed by atoms with Crippen LogP contribution in [-0.2, 0) is 4.79 Å². The molecule has 0 spiro atoms. The Morgan fingerprint density at radius 1 is 1.12 bits per heavy atom. The van der Waals surface area contributed by atoms with Crippen LogP contribution in [0.1, 0.15) is 53.4 Å². The van der Waals surface area contributed by atoms with Gasteiger partial charge in [0.05, 0.1) is 0 Å². The lowest BCUT2D eigenvalue weighted by Gasteiger charge is -2.38. The number of ketones is 1. The molecule has 0 bridgehead atoms. The van der Waals surface area contributed by atoms with Gasteiger partial charge in [-0.3, -0.25) is 4.79 Å². The molecular formula is C14H25NO. The number of hydrogen-bond donors (Lipinski definition) is 0. The molecule has 0 aliphatic heterocycles. The highest BCUT2D eigenvalue weighted by molar-refractivity contribution is 5.91. The minimum atomic E-state index is 0.226. The molecule has 0 saturated carbocycles. The number of carbonyl (C=O) groups excluding carboxylic acids is 1. The van der Waals surface area contributed by atoms with E-state index in [0.29, 0.717) is 5.78 Å². The van der Waals surface area contributed by atoms with Gasteiger partial charge >= 0.3 is 0 Å². The van der Waals surface area contributed by atoms with Crippen LogP contribution in [0.5, 0.6) is 0 Å². The van der Waals surface area contributed by atoms with Crippen molar-refractivity contribution in [2.24, 2.45) is 5.41 Å². The fraction of sp³-hybridized carbons (Fsp3) is 0.786. The maximum atomic E-state index is 11.8. The molecule has 1 aliphatic carbocycles. The van der Waals surface area contributed by atoms with E-state index in [9.17, 15) is 4.79 Å². The maximum absolute atomic E-state index is 11.8. The van der Waals surface area contributed by atoms with Crippen LogP contribution in [0.3, 0.4) is 0 Å². The summed E-state index contributed by atoms with van der Waals surface area (Å²) in [7, 11) is 0. The second-order valence-electron chi connectivity index (χ2n) is 4.83. The van der Waals surface area contributed by atoms with Gasteiger partial charge in [-0.2, -0.15) is 0 Å². The summed E-state index contributed by atoms with van der Waals surface area (Å²) in [5.41, 5.74) is 1.48. The van der Waals surface area contributed by atoms with Crippen LogP contribution in [0.4, 0.5) is 0 Å². The predicted molar refractivity (Wildman–Crippen MR) is 68.3 cm³/mol. The zero-order chi connectivity index (χ0) is 12.2. The molecular weight excluding hydrogens is 198 g/mol. The highest BCUT2D eigenvalue weighted by atomic mass is 16.1. The third-order valence-electron chi connectivity index (χ3n) is 4.10. The first-order valence-electron chi connectivity index (χ1n) is 6.59. The summed E-state index contributed by atoms with van der Waals surface area (Å²) < 4.78 is 0. The third-order valence-corrected chi connectivity index (χ3v) is 4.10. The van der Waals surface area contributed by atoms with Crippen molar-refractivity contribution in [2.75, 3.05) is 13.1 Å². The molecule has 0 radical (unpaired) electrons. The first-order valence-corrected chi connectivity index (χ1v) is 6.59. The molecule has 0 fully saturated rings. The summed E-state index contributed by atoms with van der Waals surface area (Å²) >= 11 is 0. The first kappa shape index (κ1) is 13.3. The summed E-state index contributed by atoms with van der Waals surface area (Å²) in [5.74, 6) is 0.317. The van der Waals surface area contributed by atoms with Crippen LogP contribution < -0.4 is 0 Å². The van der Waals surface area contributed by atoms with Gasteiger partial charge in [0, 0.05) is 31.3 Å². The van der Waals surface area contributed by atoms with Gasteiger partial charge < -0.3 is 4.90 Å². The first-order chi connectivity index (χ1) is 7.60. The molecule has 0 aromatic carbocycles. The highest BCUT2D eigenvalue weighted by Crippen LogP contribution is 2.41. The Hall–Kier alpha value is -0.790. The van der Waals surface area contributed by atoms with Crippen molar-refractivity contribution in [3.8, 4) is 0 Å². The van der Waals surface area contributed by atoms with Gasteiger partial charge in [0.2, 0.25) is 0 Å². The van der Waals surface area contributed by atoms with Crippen LogP contribution in [0, 0.1) is 5.41 Å². The summed E-state index contributed by atoms with van der Waals surface area (Å²) in [6, 6.07) is 0. The average Bonchev–Trinajstić information content (AvgIpc) is 2.30. The van der Waals surface area contributed by atoms with Crippen molar-refractivity contribution in [1.29, 1.82) is 0 Å². The molecule has 0 N–H and O–H groups in total. The fourth-order valence-electron chi connectivity index (χ4n) is 2.69. The lowest BCUT2D eigenvalue weighted by atomic mass is 9.71. The summed E-state index contributed by atoms with van der Waals surface area (Å²) in [6.45, 7) is 10.7. The lowest BCUT2D eigenvalue weighted by Crippen LogP contribution is -2.34. The zero-order valence-corrected chi connectivity index (χ0v) is 11.2. The second kappa shape index (κ2) is 5.51. The van der Waals surface area contributed by atoms with Crippen molar-refractivity contribution >= 4 is 5.78 Å². The van der Waals surface area contributed by atoms with Crippen molar-refractivity contribution in [2.45, 2.75) is 53.4 Å². The van der Waals surface area contributed by atoms with E-state index in [0.717, 1.165) is 38.8 Å². The summed E-state index contributed by atoms with van der Waals surface area (Å²) in [4.78, 5) is 14.2. The summed E-state index contributed by atoms with van der Waals surface area (Å²) in [6.07, 6.45) is 5.90. The standard InChI is InChI=1S/C14H25NO/c1-5-14(6-2)10-12(9-13(16)11-14)15(7-3)8-4/h9H,5-8,10-11H2,1-4H3. The van der Waals surface area contributed by atoms with Crippen molar-refractivity contribution in [3.05, 3.63) is 11.8 Å². The largest absolute Gasteiger partial charge is 0.375 e. The monoisotopic (exact) mass is 223 g/mol. The van der Waals surface area contributed by atoms with Crippen LogP contribution >= 0.6 is 0 Å². The molecule has 0 saturated heterocycles. The Balaban J connectivity index is 2.91. The molecule has 0 amide bonds. The molecule has 0 aromatic rings. The molecule has 0 atom stereocenters. The molecule has 16 heavy (non-hydrogen) atoms. The average molecular weight is 223 g/mol. The van der Waals surface area contributed by atoms with Gasteiger partial charge in [-0.25, -0.2) is 0 Å². The Morgan fingerprint density at radius 2 is 1.69 bits per heavy atom. The smallest absolute Gasteiger partial charge is 0.157 e. The molecule has 1 rings (SSSR count). The molecule has 2 heteroatoms. The van der Waals surface area contributed by atoms with Crippen LogP contribution in [0.15, 0.2) is 11.8 Å². The number of allylic oxidation sites excluding steroid dienone is 2. The number of hydrogen-bond acceptors (Lipinski definition) is 2. The topological polar surface area (TPSA) is 20.3 Å². The van der Waals surface area contributed by atoms with Crippen molar-refractivity contribution in [1.82, 2.24) is 4.90 Å². The minimum absolute atomic E-state index is 0.226. The van der Waals surface area contributed by atoms with E-state index in [1.807, 2.05) is 6.08 Å². The van der Waals surface area contributed by atoms with Gasteiger partial charge in [-0.15, -0.1) is 0 Å². The number of nitrogens with zero attached hydrogens (tertiary/aromatic N) is 1. The lowest BCUT2D eigenvalue weighted by molar-refractivity contribution is -0.118. The molecule has 2 nitrogen and oxygen atoms in total. The highest BCUT2D eigenvalue weighted by Gasteiger charge is 2.34. The molecule has 1 aliphatic rings. The van der Waals surface area contributed by atoms with E-state index in [2.05, 4.69) is 32.6 Å². The molecule has 0 heterocycles. The predicted octanol–water partition coefficient (Wildman–Crippen LogP) is 3.38. The van der Waals surface area contributed by atoms with E-state index in [-0.39, 0.29) is 5.41 Å². The normalized spacial score (nSPS) is 19.5.